The minimum absolute atomic E-state index is 0.119. The molecule has 0 bridgehead atoms. The molecule has 72 valence electrons. The fraction of sp³-hybridized carbons (Fsp3) is 0.667. The van der Waals surface area contributed by atoms with Crippen molar-refractivity contribution in [2.45, 2.75) is 13.3 Å². The number of anilines is 1. The van der Waals surface area contributed by atoms with E-state index in [0.29, 0.717) is 11.7 Å². The predicted molar refractivity (Wildman–Crippen MR) is 49.5 cm³/mol. The van der Waals surface area contributed by atoms with Gasteiger partial charge < -0.3 is 5.32 Å². The summed E-state index contributed by atoms with van der Waals surface area (Å²) in [5.41, 5.74) is 0. The van der Waals surface area contributed by atoms with Gasteiger partial charge in [-0.2, -0.15) is 0 Å². The van der Waals surface area contributed by atoms with Gasteiger partial charge in [0.05, 0.1) is 6.54 Å². The maximum Gasteiger partial charge on any atom is 0.240 e. The molecule has 0 saturated heterocycles. The third-order valence-electron chi connectivity index (χ3n) is 1.26. The van der Waals surface area contributed by atoms with Crippen LogP contribution in [0.1, 0.15) is 13.3 Å². The van der Waals surface area contributed by atoms with Crippen molar-refractivity contribution in [2.75, 3.05) is 18.4 Å². The lowest BCUT2D eigenvalue weighted by Crippen LogP contribution is -2.28. The first kappa shape index (κ1) is 10.0. The Labute approximate surface area is 79.9 Å². The lowest BCUT2D eigenvalue weighted by molar-refractivity contribution is -0.115. The number of hydrogen-bond acceptors (Lipinski definition) is 6. The van der Waals surface area contributed by atoms with Gasteiger partial charge in [0.25, 0.3) is 0 Å². The third-order valence-corrected chi connectivity index (χ3v) is 1.77. The van der Waals surface area contributed by atoms with Crippen LogP contribution in [-0.2, 0) is 4.79 Å². The van der Waals surface area contributed by atoms with Gasteiger partial charge in [-0.15, -0.1) is 0 Å². The van der Waals surface area contributed by atoms with Crippen LogP contribution in [-0.4, -0.2) is 33.8 Å². The monoisotopic (exact) mass is 201 g/mol. The number of aromatic nitrogens is 3. The van der Waals surface area contributed by atoms with Gasteiger partial charge in [0.1, 0.15) is 0 Å². The predicted octanol–water partition coefficient (Wildman–Crippen LogP) is -0.129. The van der Waals surface area contributed by atoms with Crippen LogP contribution in [0.25, 0.3) is 0 Å². The molecule has 0 atom stereocenters. The zero-order chi connectivity index (χ0) is 9.52. The van der Waals surface area contributed by atoms with Gasteiger partial charge in [-0.25, -0.2) is 0 Å². The highest BCUT2D eigenvalue weighted by Gasteiger charge is 2.03. The van der Waals surface area contributed by atoms with Gasteiger partial charge >= 0.3 is 0 Å². The summed E-state index contributed by atoms with van der Waals surface area (Å²) in [5.74, 6) is -0.119. The summed E-state index contributed by atoms with van der Waals surface area (Å²) in [4.78, 5) is 11.1. The van der Waals surface area contributed by atoms with E-state index in [1.165, 1.54) is 0 Å². The summed E-state index contributed by atoms with van der Waals surface area (Å²) in [5, 5.41) is 12.9. The number of carbonyl (C=O) groups excluding carboxylic acids is 1. The summed E-state index contributed by atoms with van der Waals surface area (Å²) in [6.45, 7) is 3.18. The fourth-order valence-electron chi connectivity index (χ4n) is 0.724. The van der Waals surface area contributed by atoms with Gasteiger partial charge in [-0.3, -0.25) is 10.1 Å². The molecule has 0 aliphatic rings. The van der Waals surface area contributed by atoms with Gasteiger partial charge in [0.15, 0.2) is 0 Å². The highest BCUT2D eigenvalue weighted by molar-refractivity contribution is 7.09. The smallest absolute Gasteiger partial charge is 0.240 e. The molecule has 0 fully saturated rings. The molecule has 1 amide bonds. The molecule has 0 radical (unpaired) electrons. The summed E-state index contributed by atoms with van der Waals surface area (Å²) in [6, 6.07) is 0. The average molecular weight is 201 g/mol. The molecule has 6 nitrogen and oxygen atoms in total. The molecule has 1 aromatic rings. The molecule has 1 aromatic heterocycles. The Kier molecular flexibility index (Phi) is 4.27. The maximum atomic E-state index is 11.1. The Morgan fingerprint density at radius 1 is 1.62 bits per heavy atom. The summed E-state index contributed by atoms with van der Waals surface area (Å²) in [6.07, 6.45) is 1.01. The number of nitrogens with one attached hydrogen (secondary N) is 2. The van der Waals surface area contributed by atoms with E-state index < -0.39 is 0 Å². The van der Waals surface area contributed by atoms with Crippen molar-refractivity contribution in [1.29, 1.82) is 0 Å². The van der Waals surface area contributed by atoms with Crippen LogP contribution in [0.3, 0.4) is 0 Å². The van der Waals surface area contributed by atoms with Crippen LogP contribution in [0, 0.1) is 0 Å². The molecule has 0 aliphatic heterocycles. The number of hydrogen-bond donors (Lipinski definition) is 2. The second kappa shape index (κ2) is 5.55. The Morgan fingerprint density at radius 3 is 3.08 bits per heavy atom. The largest absolute Gasteiger partial charge is 0.308 e. The van der Waals surface area contributed by atoms with Crippen molar-refractivity contribution >= 4 is 22.6 Å². The lowest BCUT2D eigenvalue weighted by Gasteiger charge is -2.01. The van der Waals surface area contributed by atoms with E-state index in [9.17, 15) is 4.79 Å². The number of nitrogens with zero attached hydrogens (tertiary/aromatic N) is 3. The van der Waals surface area contributed by atoms with E-state index in [1.807, 2.05) is 6.92 Å². The van der Waals surface area contributed by atoms with Gasteiger partial charge in [-0.1, -0.05) is 16.5 Å². The number of rotatable bonds is 5. The minimum Gasteiger partial charge on any atom is -0.308 e. The summed E-state index contributed by atoms with van der Waals surface area (Å²) >= 11 is 1.06. The highest BCUT2D eigenvalue weighted by Crippen LogP contribution is 2.03. The van der Waals surface area contributed by atoms with Crippen LogP contribution >= 0.6 is 11.5 Å². The molecule has 0 unspecified atom stereocenters. The van der Waals surface area contributed by atoms with Gasteiger partial charge in [-0.05, 0) is 18.2 Å². The van der Waals surface area contributed by atoms with E-state index in [0.717, 1.165) is 24.5 Å². The van der Waals surface area contributed by atoms with Crippen molar-refractivity contribution in [3.05, 3.63) is 0 Å². The van der Waals surface area contributed by atoms with E-state index in [-0.39, 0.29) is 5.91 Å². The summed E-state index contributed by atoms with van der Waals surface area (Å²) in [7, 11) is 0. The van der Waals surface area contributed by atoms with E-state index in [1.54, 1.807) is 0 Å². The molecular weight excluding hydrogens is 190 g/mol. The maximum absolute atomic E-state index is 11.1. The number of carbonyl (C=O) groups is 1. The zero-order valence-corrected chi connectivity index (χ0v) is 8.10. The quantitative estimate of drug-likeness (QED) is 0.649. The summed E-state index contributed by atoms with van der Waals surface area (Å²) < 4.78 is 3.52. The SMILES string of the molecule is CCCNCC(=O)Nc1nnns1. The van der Waals surface area contributed by atoms with Crippen LogP contribution in [0.4, 0.5) is 5.13 Å². The van der Waals surface area contributed by atoms with Crippen molar-refractivity contribution in [1.82, 2.24) is 20.1 Å². The Balaban J connectivity index is 2.18. The van der Waals surface area contributed by atoms with Crippen LogP contribution in [0.2, 0.25) is 0 Å². The van der Waals surface area contributed by atoms with Gasteiger partial charge in [0, 0.05) is 11.5 Å². The Morgan fingerprint density at radius 2 is 2.46 bits per heavy atom. The molecule has 1 rings (SSSR count). The molecule has 1 heterocycles. The molecule has 7 heteroatoms. The number of amides is 1. The average Bonchev–Trinajstić information content (AvgIpc) is 2.57. The standard InChI is InChI=1S/C6H11N5OS/c1-2-3-7-4-5(12)8-6-9-10-11-13-6/h7H,2-4H2,1H3,(H,8,9,11,12). The van der Waals surface area contributed by atoms with Crippen molar-refractivity contribution in [3.63, 3.8) is 0 Å². The first-order valence-corrected chi connectivity index (χ1v) is 4.76. The van der Waals surface area contributed by atoms with E-state index in [2.05, 4.69) is 25.4 Å². The molecule has 13 heavy (non-hydrogen) atoms. The Bertz CT molecular complexity index is 250. The first-order chi connectivity index (χ1) is 6.33. The van der Waals surface area contributed by atoms with Crippen LogP contribution in [0.5, 0.6) is 0 Å². The first-order valence-electron chi connectivity index (χ1n) is 3.98. The highest BCUT2D eigenvalue weighted by atomic mass is 32.1. The zero-order valence-electron chi connectivity index (χ0n) is 7.28. The fourth-order valence-corrected chi connectivity index (χ4v) is 1.11. The molecule has 0 aliphatic carbocycles. The normalized spacial score (nSPS) is 9.92. The van der Waals surface area contributed by atoms with Crippen LogP contribution < -0.4 is 10.6 Å². The third kappa shape index (κ3) is 3.90. The van der Waals surface area contributed by atoms with Crippen molar-refractivity contribution in [3.8, 4) is 0 Å². The van der Waals surface area contributed by atoms with Crippen molar-refractivity contribution < 1.29 is 4.79 Å². The second-order valence-electron chi connectivity index (χ2n) is 2.39. The van der Waals surface area contributed by atoms with E-state index >= 15 is 0 Å². The Hall–Kier alpha value is -1.08. The molecule has 0 saturated carbocycles. The van der Waals surface area contributed by atoms with Crippen molar-refractivity contribution in [2.24, 2.45) is 0 Å². The minimum atomic E-state index is -0.119. The second-order valence-corrected chi connectivity index (χ2v) is 3.13. The lowest BCUT2D eigenvalue weighted by atomic mass is 10.4. The molecule has 2 N–H and O–H groups in total. The van der Waals surface area contributed by atoms with Gasteiger partial charge in [0.2, 0.25) is 11.0 Å². The molecular formula is C6H11N5OS. The van der Waals surface area contributed by atoms with Crippen LogP contribution in [0.15, 0.2) is 0 Å². The molecule has 0 aromatic carbocycles. The topological polar surface area (TPSA) is 79.8 Å². The van der Waals surface area contributed by atoms with E-state index in [4.69, 9.17) is 0 Å². The molecule has 0 spiro atoms.